The van der Waals surface area contributed by atoms with Crippen LogP contribution in [0, 0.1) is 5.92 Å². The number of hydrogen-bond acceptors (Lipinski definition) is 2. The van der Waals surface area contributed by atoms with Gasteiger partial charge in [-0.15, -0.1) is 0 Å². The molecule has 0 aliphatic rings. The number of hydrogen-bond donors (Lipinski definition) is 0. The topological polar surface area (TPSA) is 26.3 Å². The zero-order valence-corrected chi connectivity index (χ0v) is 10.2. The highest BCUT2D eigenvalue weighted by Gasteiger charge is 2.23. The van der Waals surface area contributed by atoms with Gasteiger partial charge in [0.2, 0.25) is 0 Å². The second-order valence-electron chi connectivity index (χ2n) is 4.94. The molecule has 0 aromatic heterocycles. The lowest BCUT2D eigenvalue weighted by Gasteiger charge is -2.26. The van der Waals surface area contributed by atoms with Crippen LogP contribution in [0.25, 0.3) is 0 Å². The molecule has 0 aromatic carbocycles. The van der Waals surface area contributed by atoms with E-state index in [1.165, 1.54) is 0 Å². The number of carbonyl (C=O) groups excluding carboxylic acids is 1. The van der Waals surface area contributed by atoms with Gasteiger partial charge < -0.3 is 4.74 Å². The van der Waals surface area contributed by atoms with Crippen LogP contribution >= 0.6 is 0 Å². The SMILES string of the molecule is CCCCC(=O)OC(C)(C)CC(C)C. The monoisotopic (exact) mass is 200 g/mol. The second-order valence-corrected chi connectivity index (χ2v) is 4.94. The minimum atomic E-state index is -0.307. The van der Waals surface area contributed by atoms with Crippen molar-refractivity contribution >= 4 is 5.97 Å². The average molecular weight is 200 g/mol. The summed E-state index contributed by atoms with van der Waals surface area (Å²) in [5.41, 5.74) is -0.307. The van der Waals surface area contributed by atoms with E-state index in [1.807, 2.05) is 13.8 Å². The van der Waals surface area contributed by atoms with Gasteiger partial charge in [-0.3, -0.25) is 4.79 Å². The molecule has 0 heterocycles. The van der Waals surface area contributed by atoms with Crippen LogP contribution in [-0.2, 0) is 9.53 Å². The zero-order chi connectivity index (χ0) is 11.2. The molecule has 0 rings (SSSR count). The summed E-state index contributed by atoms with van der Waals surface area (Å²) in [6.45, 7) is 10.3. The van der Waals surface area contributed by atoms with Crippen molar-refractivity contribution in [3.8, 4) is 0 Å². The predicted molar refractivity (Wildman–Crippen MR) is 59.2 cm³/mol. The van der Waals surface area contributed by atoms with Crippen molar-refractivity contribution < 1.29 is 9.53 Å². The molecule has 0 radical (unpaired) electrons. The molecular weight excluding hydrogens is 176 g/mol. The maximum atomic E-state index is 11.4. The molecule has 0 unspecified atom stereocenters. The molecule has 0 aliphatic heterocycles. The molecule has 2 heteroatoms. The fraction of sp³-hybridized carbons (Fsp3) is 0.917. The maximum absolute atomic E-state index is 11.4. The van der Waals surface area contributed by atoms with Crippen LogP contribution in [0.15, 0.2) is 0 Å². The van der Waals surface area contributed by atoms with Crippen LogP contribution in [0.2, 0.25) is 0 Å². The second kappa shape index (κ2) is 6.05. The summed E-state index contributed by atoms with van der Waals surface area (Å²) in [7, 11) is 0. The Balaban J connectivity index is 3.89. The third kappa shape index (κ3) is 6.93. The molecule has 14 heavy (non-hydrogen) atoms. The number of carbonyl (C=O) groups is 1. The van der Waals surface area contributed by atoms with Crippen LogP contribution in [0.5, 0.6) is 0 Å². The molecule has 84 valence electrons. The van der Waals surface area contributed by atoms with E-state index in [1.54, 1.807) is 0 Å². The van der Waals surface area contributed by atoms with Gasteiger partial charge >= 0.3 is 5.97 Å². The van der Waals surface area contributed by atoms with E-state index >= 15 is 0 Å². The van der Waals surface area contributed by atoms with Crippen LogP contribution in [0.4, 0.5) is 0 Å². The fourth-order valence-corrected chi connectivity index (χ4v) is 1.71. The molecule has 0 saturated carbocycles. The first-order chi connectivity index (χ1) is 6.37. The van der Waals surface area contributed by atoms with Gasteiger partial charge in [0.1, 0.15) is 5.60 Å². The first-order valence-corrected chi connectivity index (χ1v) is 5.59. The van der Waals surface area contributed by atoms with Crippen LogP contribution in [0.3, 0.4) is 0 Å². The van der Waals surface area contributed by atoms with Crippen molar-refractivity contribution in [3.63, 3.8) is 0 Å². The van der Waals surface area contributed by atoms with Gasteiger partial charge in [-0.1, -0.05) is 27.2 Å². The summed E-state index contributed by atoms with van der Waals surface area (Å²) in [6.07, 6.45) is 3.44. The smallest absolute Gasteiger partial charge is 0.306 e. The lowest BCUT2D eigenvalue weighted by molar-refractivity contribution is -0.157. The Hall–Kier alpha value is -0.530. The summed E-state index contributed by atoms with van der Waals surface area (Å²) in [5.74, 6) is 0.501. The van der Waals surface area contributed by atoms with Crippen molar-refractivity contribution in [2.45, 2.75) is 65.9 Å². The Morgan fingerprint density at radius 1 is 1.36 bits per heavy atom. The molecule has 0 saturated heterocycles. The highest BCUT2D eigenvalue weighted by atomic mass is 16.6. The van der Waals surface area contributed by atoms with Gasteiger partial charge in [0.05, 0.1) is 0 Å². The van der Waals surface area contributed by atoms with Gasteiger partial charge in [-0.05, 0) is 32.6 Å². The van der Waals surface area contributed by atoms with Gasteiger partial charge in [0.15, 0.2) is 0 Å². The summed E-state index contributed by atoms with van der Waals surface area (Å²) < 4.78 is 5.41. The van der Waals surface area contributed by atoms with Crippen molar-refractivity contribution in [2.24, 2.45) is 5.92 Å². The van der Waals surface area contributed by atoms with E-state index in [0.29, 0.717) is 12.3 Å². The minimum Gasteiger partial charge on any atom is -0.460 e. The van der Waals surface area contributed by atoms with Crippen LogP contribution < -0.4 is 0 Å². The molecule has 0 bridgehead atoms. The molecule has 0 spiro atoms. The van der Waals surface area contributed by atoms with E-state index in [9.17, 15) is 4.79 Å². The number of ether oxygens (including phenoxy) is 1. The van der Waals surface area contributed by atoms with Crippen LogP contribution in [-0.4, -0.2) is 11.6 Å². The van der Waals surface area contributed by atoms with E-state index in [2.05, 4.69) is 20.8 Å². The molecular formula is C12H24O2. The van der Waals surface area contributed by atoms with Crippen molar-refractivity contribution in [3.05, 3.63) is 0 Å². The first kappa shape index (κ1) is 13.5. The van der Waals surface area contributed by atoms with Crippen molar-refractivity contribution in [2.75, 3.05) is 0 Å². The quantitative estimate of drug-likeness (QED) is 0.613. The fourth-order valence-electron chi connectivity index (χ4n) is 1.71. The molecule has 2 nitrogen and oxygen atoms in total. The number of esters is 1. The zero-order valence-electron chi connectivity index (χ0n) is 10.2. The maximum Gasteiger partial charge on any atom is 0.306 e. The highest BCUT2D eigenvalue weighted by molar-refractivity contribution is 5.69. The third-order valence-corrected chi connectivity index (χ3v) is 2.02. The van der Waals surface area contributed by atoms with Gasteiger partial charge in [-0.25, -0.2) is 0 Å². The molecule has 0 amide bonds. The average Bonchev–Trinajstić information content (AvgIpc) is 1.96. The van der Waals surface area contributed by atoms with Gasteiger partial charge in [-0.2, -0.15) is 0 Å². The molecule has 0 atom stereocenters. The summed E-state index contributed by atoms with van der Waals surface area (Å²) in [5, 5.41) is 0. The Bertz CT molecular complexity index is 171. The number of unbranched alkanes of at least 4 members (excludes halogenated alkanes) is 1. The predicted octanol–water partition coefficient (Wildman–Crippen LogP) is 3.54. The van der Waals surface area contributed by atoms with E-state index in [-0.39, 0.29) is 11.6 Å². The summed E-state index contributed by atoms with van der Waals surface area (Å²) in [6, 6.07) is 0. The van der Waals surface area contributed by atoms with Crippen LogP contribution in [0.1, 0.15) is 60.3 Å². The van der Waals surface area contributed by atoms with E-state index < -0.39 is 0 Å². The largest absolute Gasteiger partial charge is 0.460 e. The highest BCUT2D eigenvalue weighted by Crippen LogP contribution is 2.21. The third-order valence-electron chi connectivity index (χ3n) is 2.02. The van der Waals surface area contributed by atoms with Gasteiger partial charge in [0, 0.05) is 6.42 Å². The standard InChI is InChI=1S/C12H24O2/c1-6-7-8-11(13)14-12(4,5)9-10(2)3/h10H,6-9H2,1-5H3. The minimum absolute atomic E-state index is 0.0579. The summed E-state index contributed by atoms with van der Waals surface area (Å²) >= 11 is 0. The Kier molecular flexibility index (Phi) is 5.82. The van der Waals surface area contributed by atoms with Gasteiger partial charge in [0.25, 0.3) is 0 Å². The molecule has 0 N–H and O–H groups in total. The Morgan fingerprint density at radius 3 is 2.36 bits per heavy atom. The van der Waals surface area contributed by atoms with E-state index in [4.69, 9.17) is 4.74 Å². The summed E-state index contributed by atoms with van der Waals surface area (Å²) in [4.78, 5) is 11.4. The first-order valence-electron chi connectivity index (χ1n) is 5.59. The lowest BCUT2D eigenvalue weighted by atomic mass is 9.96. The normalized spacial score (nSPS) is 11.9. The Labute approximate surface area is 88.0 Å². The van der Waals surface area contributed by atoms with E-state index in [0.717, 1.165) is 19.3 Å². The molecule has 0 fully saturated rings. The molecule has 0 aromatic rings. The Morgan fingerprint density at radius 2 is 1.93 bits per heavy atom. The van der Waals surface area contributed by atoms with Crippen molar-refractivity contribution in [1.82, 2.24) is 0 Å². The lowest BCUT2D eigenvalue weighted by Crippen LogP contribution is -2.29. The number of rotatable bonds is 6. The van der Waals surface area contributed by atoms with Crippen molar-refractivity contribution in [1.29, 1.82) is 0 Å². The molecule has 0 aliphatic carbocycles.